The van der Waals surface area contributed by atoms with Crippen LogP contribution in [0.25, 0.3) is 0 Å². The van der Waals surface area contributed by atoms with Gasteiger partial charge >= 0.3 is 0 Å². The Balaban J connectivity index is 2.65. The number of amides is 1. The number of hydrogen-bond acceptors (Lipinski definition) is 4. The summed E-state index contributed by atoms with van der Waals surface area (Å²) in [5, 5.41) is 11.5. The first kappa shape index (κ1) is 11.1. The van der Waals surface area contributed by atoms with Crippen LogP contribution in [0.1, 0.15) is 17.4 Å². The molecule has 1 aromatic heterocycles. The zero-order valence-corrected chi connectivity index (χ0v) is 9.15. The van der Waals surface area contributed by atoms with E-state index in [9.17, 15) is 4.79 Å². The second kappa shape index (κ2) is 5.02. The quantitative estimate of drug-likeness (QED) is 0.822. The number of halogens is 1. The summed E-state index contributed by atoms with van der Waals surface area (Å²) in [6.45, 7) is 1.80. The lowest BCUT2D eigenvalue weighted by Crippen LogP contribution is -2.31. The Morgan fingerprint density at radius 3 is 3.07 bits per heavy atom. The van der Waals surface area contributed by atoms with Gasteiger partial charge in [0.2, 0.25) is 0 Å². The predicted molar refractivity (Wildman–Crippen MR) is 53.7 cm³/mol. The number of rotatable bonds is 3. The standard InChI is InChI=1S/C8H10BrN3O2/c1-5(13)2-11-8(14)7-6(9)3-10-4-12-7/h3-5,13H,2H2,1H3,(H,11,14)/t5-/m0/s1. The second-order valence-corrected chi connectivity index (χ2v) is 3.63. The van der Waals surface area contributed by atoms with Crippen molar-refractivity contribution in [2.24, 2.45) is 0 Å². The van der Waals surface area contributed by atoms with Crippen LogP contribution in [0, 0.1) is 0 Å². The van der Waals surface area contributed by atoms with E-state index in [1.54, 1.807) is 6.92 Å². The van der Waals surface area contributed by atoms with E-state index in [1.807, 2.05) is 0 Å². The van der Waals surface area contributed by atoms with Gasteiger partial charge in [0.1, 0.15) is 12.0 Å². The minimum absolute atomic E-state index is 0.204. The molecular formula is C8H10BrN3O2. The van der Waals surface area contributed by atoms with Crippen molar-refractivity contribution < 1.29 is 9.90 Å². The van der Waals surface area contributed by atoms with Crippen LogP contribution in [-0.2, 0) is 0 Å². The molecule has 0 aliphatic carbocycles. The Kier molecular flexibility index (Phi) is 3.97. The number of carbonyl (C=O) groups excluding carboxylic acids is 1. The minimum Gasteiger partial charge on any atom is -0.392 e. The molecular weight excluding hydrogens is 250 g/mol. The molecule has 0 saturated carbocycles. The first-order chi connectivity index (χ1) is 6.61. The Bertz CT molecular complexity index is 330. The highest BCUT2D eigenvalue weighted by molar-refractivity contribution is 9.10. The number of carbonyl (C=O) groups is 1. The molecule has 0 aliphatic heterocycles. The van der Waals surface area contributed by atoms with Crippen LogP contribution >= 0.6 is 15.9 Å². The number of aromatic nitrogens is 2. The van der Waals surface area contributed by atoms with E-state index in [4.69, 9.17) is 5.11 Å². The smallest absolute Gasteiger partial charge is 0.271 e. The van der Waals surface area contributed by atoms with E-state index in [2.05, 4.69) is 31.2 Å². The minimum atomic E-state index is -0.570. The van der Waals surface area contributed by atoms with Crippen LogP contribution in [0.5, 0.6) is 0 Å². The zero-order chi connectivity index (χ0) is 10.6. The van der Waals surface area contributed by atoms with Gasteiger partial charge < -0.3 is 10.4 Å². The van der Waals surface area contributed by atoms with E-state index >= 15 is 0 Å². The molecule has 0 aromatic carbocycles. The SMILES string of the molecule is C[C@H](O)CNC(=O)c1ncncc1Br. The topological polar surface area (TPSA) is 75.1 Å². The van der Waals surface area contributed by atoms with Crippen LogP contribution in [0.3, 0.4) is 0 Å². The molecule has 0 aliphatic rings. The number of nitrogens with one attached hydrogen (secondary N) is 1. The second-order valence-electron chi connectivity index (χ2n) is 2.78. The first-order valence-electron chi connectivity index (χ1n) is 4.03. The summed E-state index contributed by atoms with van der Waals surface area (Å²) in [4.78, 5) is 19.0. The summed E-state index contributed by atoms with van der Waals surface area (Å²) < 4.78 is 0.531. The number of nitrogens with zero attached hydrogens (tertiary/aromatic N) is 2. The normalized spacial score (nSPS) is 12.2. The van der Waals surface area contributed by atoms with Crippen LogP contribution in [-0.4, -0.2) is 33.6 Å². The van der Waals surface area contributed by atoms with Crippen molar-refractivity contribution in [1.82, 2.24) is 15.3 Å². The maximum atomic E-state index is 11.4. The maximum Gasteiger partial charge on any atom is 0.271 e. The first-order valence-corrected chi connectivity index (χ1v) is 4.82. The Morgan fingerprint density at radius 1 is 1.79 bits per heavy atom. The van der Waals surface area contributed by atoms with Gasteiger partial charge in [0.05, 0.1) is 10.6 Å². The Labute approximate surface area is 89.7 Å². The van der Waals surface area contributed by atoms with Crippen LogP contribution < -0.4 is 5.32 Å². The monoisotopic (exact) mass is 259 g/mol. The molecule has 1 atom stereocenters. The van der Waals surface area contributed by atoms with Gasteiger partial charge in [-0.3, -0.25) is 4.79 Å². The van der Waals surface area contributed by atoms with Gasteiger partial charge in [-0.2, -0.15) is 0 Å². The van der Waals surface area contributed by atoms with E-state index in [1.165, 1.54) is 12.5 Å². The Hall–Kier alpha value is -1.01. The largest absolute Gasteiger partial charge is 0.392 e. The molecule has 0 bridgehead atoms. The van der Waals surface area contributed by atoms with Gasteiger partial charge in [-0.05, 0) is 22.9 Å². The Morgan fingerprint density at radius 2 is 2.50 bits per heavy atom. The van der Waals surface area contributed by atoms with Crippen LogP contribution in [0.15, 0.2) is 17.0 Å². The average Bonchev–Trinajstić information content (AvgIpc) is 2.15. The van der Waals surface area contributed by atoms with Crippen molar-refractivity contribution in [3.05, 3.63) is 22.7 Å². The van der Waals surface area contributed by atoms with Gasteiger partial charge in [0, 0.05) is 12.7 Å². The highest BCUT2D eigenvalue weighted by Gasteiger charge is 2.11. The summed E-state index contributed by atoms with van der Waals surface area (Å²) in [5.74, 6) is -0.333. The van der Waals surface area contributed by atoms with Gasteiger partial charge in [-0.15, -0.1) is 0 Å². The maximum absolute atomic E-state index is 11.4. The third-order valence-corrected chi connectivity index (χ3v) is 2.02. The van der Waals surface area contributed by atoms with E-state index in [0.717, 1.165) is 0 Å². The van der Waals surface area contributed by atoms with Crippen molar-refractivity contribution in [2.45, 2.75) is 13.0 Å². The van der Waals surface area contributed by atoms with Crippen LogP contribution in [0.2, 0.25) is 0 Å². The van der Waals surface area contributed by atoms with Gasteiger partial charge in [0.15, 0.2) is 0 Å². The molecule has 1 aromatic rings. The van der Waals surface area contributed by atoms with E-state index in [0.29, 0.717) is 4.47 Å². The lowest BCUT2D eigenvalue weighted by atomic mass is 10.3. The molecule has 0 saturated heterocycles. The van der Waals surface area contributed by atoms with Crippen molar-refractivity contribution in [3.63, 3.8) is 0 Å². The summed E-state index contributed by atoms with van der Waals surface area (Å²) in [6, 6.07) is 0. The molecule has 6 heteroatoms. The number of aliphatic hydroxyl groups is 1. The van der Waals surface area contributed by atoms with Crippen molar-refractivity contribution in [1.29, 1.82) is 0 Å². The molecule has 0 unspecified atom stereocenters. The molecule has 1 amide bonds. The van der Waals surface area contributed by atoms with E-state index in [-0.39, 0.29) is 18.1 Å². The fourth-order valence-corrected chi connectivity index (χ4v) is 1.20. The summed E-state index contributed by atoms with van der Waals surface area (Å²) in [6.07, 6.45) is 2.21. The predicted octanol–water partition coefficient (Wildman–Crippen LogP) is 0.350. The molecule has 0 fully saturated rings. The highest BCUT2D eigenvalue weighted by atomic mass is 79.9. The fourth-order valence-electron chi connectivity index (χ4n) is 0.804. The van der Waals surface area contributed by atoms with Gasteiger partial charge in [-0.25, -0.2) is 9.97 Å². The number of aliphatic hydroxyl groups excluding tert-OH is 1. The molecule has 0 radical (unpaired) electrons. The molecule has 0 spiro atoms. The third-order valence-electron chi connectivity index (χ3n) is 1.44. The van der Waals surface area contributed by atoms with Crippen molar-refractivity contribution in [3.8, 4) is 0 Å². The average molecular weight is 260 g/mol. The van der Waals surface area contributed by atoms with E-state index < -0.39 is 6.10 Å². The summed E-state index contributed by atoms with van der Waals surface area (Å²) >= 11 is 3.16. The molecule has 5 nitrogen and oxygen atoms in total. The van der Waals surface area contributed by atoms with Crippen LogP contribution in [0.4, 0.5) is 0 Å². The molecule has 1 rings (SSSR count). The number of hydrogen-bond donors (Lipinski definition) is 2. The van der Waals surface area contributed by atoms with Gasteiger partial charge in [-0.1, -0.05) is 0 Å². The third kappa shape index (κ3) is 3.04. The molecule has 2 N–H and O–H groups in total. The summed E-state index contributed by atoms with van der Waals surface area (Å²) in [5.41, 5.74) is 0.264. The zero-order valence-electron chi connectivity index (χ0n) is 7.57. The van der Waals surface area contributed by atoms with Crippen molar-refractivity contribution in [2.75, 3.05) is 6.54 Å². The molecule has 14 heavy (non-hydrogen) atoms. The lowest BCUT2D eigenvalue weighted by molar-refractivity contribution is 0.0918. The molecule has 1 heterocycles. The lowest BCUT2D eigenvalue weighted by Gasteiger charge is -2.06. The van der Waals surface area contributed by atoms with Crippen molar-refractivity contribution >= 4 is 21.8 Å². The fraction of sp³-hybridized carbons (Fsp3) is 0.375. The molecule has 76 valence electrons. The summed E-state index contributed by atoms with van der Waals surface area (Å²) in [7, 11) is 0. The van der Waals surface area contributed by atoms with Gasteiger partial charge in [0.25, 0.3) is 5.91 Å². The highest BCUT2D eigenvalue weighted by Crippen LogP contribution is 2.11.